The van der Waals surface area contributed by atoms with Crippen LogP contribution in [0.25, 0.3) is 0 Å². The van der Waals surface area contributed by atoms with Crippen molar-refractivity contribution in [3.63, 3.8) is 0 Å². The minimum absolute atomic E-state index is 0.415. The molecule has 0 atom stereocenters. The topological polar surface area (TPSA) is 71.6 Å². The zero-order chi connectivity index (χ0) is 7.72. The van der Waals surface area contributed by atoms with E-state index in [4.69, 9.17) is 0 Å². The third-order valence-electron chi connectivity index (χ3n) is 1.08. The summed E-state index contributed by atoms with van der Waals surface area (Å²) in [6.45, 7) is 0. The van der Waals surface area contributed by atoms with Crippen molar-refractivity contribution in [1.29, 1.82) is 0 Å². The van der Waals surface area contributed by atoms with E-state index in [0.29, 0.717) is 0 Å². The molecule has 54 valence electrons. The van der Waals surface area contributed by atoms with Gasteiger partial charge in [0.25, 0.3) is 0 Å². The highest BCUT2D eigenvalue weighted by Crippen LogP contribution is 1.43. The van der Waals surface area contributed by atoms with Crippen molar-refractivity contribution in [2.75, 3.05) is 0 Å². The number of rotatable bonds is 0. The van der Waals surface area contributed by atoms with E-state index < -0.39 is 11.4 Å². The zero-order valence-corrected chi connectivity index (χ0v) is 5.66. The van der Waals surface area contributed by atoms with Gasteiger partial charge in [-0.25, -0.2) is 4.79 Å². The van der Waals surface area contributed by atoms with Gasteiger partial charge < -0.3 is 0 Å². The number of nitrogens with one attached hydrogen (secondary N) is 1. The summed E-state index contributed by atoms with van der Waals surface area (Å²) in [4.78, 5) is 21.3. The first-order chi connectivity index (χ1) is 4.61. The molecule has 0 saturated heterocycles. The Hall–Kier alpha value is -1.46. The van der Waals surface area contributed by atoms with Crippen molar-refractivity contribution in [1.82, 2.24) is 14.9 Å². The molecule has 10 heavy (non-hydrogen) atoms. The molecule has 1 heterocycles. The standard InChI is InChI=1S/C4H6N4O2/c1-7-3(9)6-8(2)4(10)5-7/h1-2H3/p+1. The van der Waals surface area contributed by atoms with E-state index in [-0.39, 0.29) is 0 Å². The highest BCUT2D eigenvalue weighted by Gasteiger charge is 2.02. The van der Waals surface area contributed by atoms with Gasteiger partial charge in [0.1, 0.15) is 7.05 Å². The lowest BCUT2D eigenvalue weighted by Gasteiger charge is -1.87. The average Bonchev–Trinajstić information content (AvgIpc) is 1.84. The van der Waals surface area contributed by atoms with Crippen LogP contribution in [0, 0.1) is 0 Å². The number of aromatic nitrogens is 4. The van der Waals surface area contributed by atoms with E-state index in [1.807, 2.05) is 0 Å². The third-order valence-corrected chi connectivity index (χ3v) is 1.08. The molecule has 0 unspecified atom stereocenters. The maximum absolute atomic E-state index is 10.7. The van der Waals surface area contributed by atoms with Crippen LogP contribution in [0.4, 0.5) is 0 Å². The van der Waals surface area contributed by atoms with E-state index in [0.717, 1.165) is 9.36 Å². The Morgan fingerprint density at radius 1 is 1.60 bits per heavy atom. The molecular weight excluding hydrogens is 136 g/mol. The molecule has 0 aliphatic rings. The molecule has 0 aromatic carbocycles. The number of hydrogen-bond acceptors (Lipinski definition) is 3. The van der Waals surface area contributed by atoms with Crippen LogP contribution in [-0.2, 0) is 14.1 Å². The summed E-state index contributed by atoms with van der Waals surface area (Å²) in [5, 5.41) is 5.61. The number of hydrogen-bond donors (Lipinski definition) is 1. The van der Waals surface area contributed by atoms with Gasteiger partial charge in [-0.15, -0.1) is 5.10 Å². The second kappa shape index (κ2) is 2.05. The van der Waals surface area contributed by atoms with Crippen molar-refractivity contribution in [3.8, 4) is 0 Å². The molecule has 0 fully saturated rings. The fourth-order valence-electron chi connectivity index (χ4n) is 0.504. The van der Waals surface area contributed by atoms with Crippen molar-refractivity contribution in [2.45, 2.75) is 0 Å². The molecular formula is C4H7N4O2+. The highest BCUT2D eigenvalue weighted by atomic mass is 16.2. The first-order valence-electron chi connectivity index (χ1n) is 2.65. The van der Waals surface area contributed by atoms with E-state index in [1.54, 1.807) is 0 Å². The quantitative estimate of drug-likeness (QED) is 0.401. The van der Waals surface area contributed by atoms with Crippen LogP contribution >= 0.6 is 0 Å². The van der Waals surface area contributed by atoms with Crippen LogP contribution in [0.15, 0.2) is 9.59 Å². The van der Waals surface area contributed by atoms with Gasteiger partial charge in [0, 0.05) is 0 Å². The maximum atomic E-state index is 10.7. The molecule has 1 rings (SSSR count). The van der Waals surface area contributed by atoms with Gasteiger partial charge in [0.15, 0.2) is 0 Å². The normalized spacial score (nSPS) is 9.80. The molecule has 1 aromatic heterocycles. The van der Waals surface area contributed by atoms with E-state index in [9.17, 15) is 9.59 Å². The van der Waals surface area contributed by atoms with E-state index >= 15 is 0 Å². The van der Waals surface area contributed by atoms with Gasteiger partial charge in [-0.1, -0.05) is 4.68 Å². The molecule has 0 aliphatic carbocycles. The van der Waals surface area contributed by atoms with Crippen molar-refractivity contribution < 1.29 is 4.68 Å². The lowest BCUT2D eigenvalue weighted by Crippen LogP contribution is -2.57. The number of aromatic amines is 1. The second-order valence-electron chi connectivity index (χ2n) is 1.88. The molecule has 0 spiro atoms. The SMILES string of the molecule is Cn1[nH]c(=O)[n+](C)nc1=O. The summed E-state index contributed by atoms with van der Waals surface area (Å²) in [6.07, 6.45) is 0. The Bertz CT molecular complexity index is 313. The fraction of sp³-hybridized carbons (Fsp3) is 0.500. The summed E-state index contributed by atoms with van der Waals surface area (Å²) in [5.41, 5.74) is -0.899. The molecule has 6 heteroatoms. The molecule has 0 saturated carbocycles. The summed E-state index contributed by atoms with van der Waals surface area (Å²) in [6, 6.07) is 0. The Balaban J connectivity index is 3.59. The van der Waals surface area contributed by atoms with Gasteiger partial charge in [0.05, 0.1) is 7.05 Å². The monoisotopic (exact) mass is 143 g/mol. The van der Waals surface area contributed by atoms with E-state index in [1.165, 1.54) is 14.1 Å². The fourth-order valence-corrected chi connectivity index (χ4v) is 0.504. The smallest absolute Gasteiger partial charge is 0.239 e. The molecule has 0 amide bonds. The molecule has 0 radical (unpaired) electrons. The predicted molar refractivity (Wildman–Crippen MR) is 31.3 cm³/mol. The molecule has 0 bridgehead atoms. The number of H-pyrrole nitrogens is 1. The van der Waals surface area contributed by atoms with Crippen molar-refractivity contribution in [2.24, 2.45) is 14.1 Å². The molecule has 1 N–H and O–H groups in total. The Morgan fingerprint density at radius 2 is 2.20 bits per heavy atom. The van der Waals surface area contributed by atoms with Crippen LogP contribution in [0.3, 0.4) is 0 Å². The molecule has 1 aromatic rings. The van der Waals surface area contributed by atoms with Crippen molar-refractivity contribution in [3.05, 3.63) is 21.0 Å². The maximum Gasteiger partial charge on any atom is 0.535 e. The van der Waals surface area contributed by atoms with Gasteiger partial charge >= 0.3 is 11.4 Å². The molecule has 6 nitrogen and oxygen atoms in total. The second-order valence-corrected chi connectivity index (χ2v) is 1.88. The zero-order valence-electron chi connectivity index (χ0n) is 5.66. The minimum Gasteiger partial charge on any atom is -0.239 e. The Kier molecular flexibility index (Phi) is 1.37. The lowest BCUT2D eigenvalue weighted by molar-refractivity contribution is -0.750. The van der Waals surface area contributed by atoms with Crippen LogP contribution in [0.2, 0.25) is 0 Å². The minimum atomic E-state index is -0.484. The Morgan fingerprint density at radius 3 is 2.70 bits per heavy atom. The van der Waals surface area contributed by atoms with Gasteiger partial charge in [-0.3, -0.25) is 0 Å². The largest absolute Gasteiger partial charge is 0.535 e. The first-order valence-corrected chi connectivity index (χ1v) is 2.65. The lowest BCUT2D eigenvalue weighted by atomic mass is 11.0. The summed E-state index contributed by atoms with van der Waals surface area (Å²) >= 11 is 0. The number of nitrogens with zero attached hydrogens (tertiary/aromatic N) is 3. The van der Waals surface area contributed by atoms with Crippen LogP contribution in [-0.4, -0.2) is 14.9 Å². The van der Waals surface area contributed by atoms with Crippen LogP contribution in [0.5, 0.6) is 0 Å². The average molecular weight is 143 g/mol. The predicted octanol–water partition coefficient (Wildman–Crippen LogP) is -2.71. The third kappa shape index (κ3) is 0.949. The summed E-state index contributed by atoms with van der Waals surface area (Å²) < 4.78 is 1.96. The van der Waals surface area contributed by atoms with Crippen LogP contribution < -0.4 is 16.1 Å². The summed E-state index contributed by atoms with van der Waals surface area (Å²) in [7, 11) is 2.83. The first kappa shape index (κ1) is 6.66. The highest BCUT2D eigenvalue weighted by molar-refractivity contribution is 4.45. The van der Waals surface area contributed by atoms with E-state index in [2.05, 4.69) is 10.2 Å². The van der Waals surface area contributed by atoms with Gasteiger partial charge in [-0.2, -0.15) is 9.48 Å². The van der Waals surface area contributed by atoms with Crippen molar-refractivity contribution >= 4 is 0 Å². The summed E-state index contributed by atoms with van der Waals surface area (Å²) in [5.74, 6) is 0. The molecule has 0 aliphatic heterocycles. The Labute approximate surface area is 55.7 Å². The van der Waals surface area contributed by atoms with Gasteiger partial charge in [0.2, 0.25) is 0 Å². The number of aryl methyl sites for hydroxylation is 2. The van der Waals surface area contributed by atoms with Gasteiger partial charge in [-0.05, 0) is 5.10 Å². The van der Waals surface area contributed by atoms with Crippen LogP contribution in [0.1, 0.15) is 0 Å².